The number of fused-ring (bicyclic) bond motifs is 1. The molecule has 3 heteroatoms. The topological polar surface area (TPSA) is 35.5 Å². The van der Waals surface area contributed by atoms with Gasteiger partial charge in [-0.15, -0.1) is 0 Å². The van der Waals surface area contributed by atoms with E-state index in [1.807, 2.05) is 0 Å². The summed E-state index contributed by atoms with van der Waals surface area (Å²) in [6.07, 6.45) is 3.18. The van der Waals surface area contributed by atoms with E-state index in [1.165, 1.54) is 11.1 Å². The van der Waals surface area contributed by atoms with E-state index in [2.05, 4.69) is 34.5 Å². The third-order valence-electron chi connectivity index (χ3n) is 4.58. The van der Waals surface area contributed by atoms with Crippen LogP contribution in [0.4, 0.5) is 0 Å². The first-order chi connectivity index (χ1) is 8.84. The van der Waals surface area contributed by atoms with Crippen LogP contribution >= 0.6 is 0 Å². The number of nitrogens with zero attached hydrogens (tertiary/aromatic N) is 1. The second kappa shape index (κ2) is 5.00. The summed E-state index contributed by atoms with van der Waals surface area (Å²) in [5.41, 5.74) is 2.88. The molecule has 1 aromatic rings. The molecule has 0 bridgehead atoms. The Morgan fingerprint density at radius 3 is 2.61 bits per heavy atom. The minimum atomic E-state index is -0.0174. The Morgan fingerprint density at radius 2 is 1.89 bits per heavy atom. The molecule has 18 heavy (non-hydrogen) atoms. The molecule has 1 heterocycles. The molecule has 2 N–H and O–H groups in total. The summed E-state index contributed by atoms with van der Waals surface area (Å²) in [6, 6.07) is 8.69. The number of benzene rings is 1. The van der Waals surface area contributed by atoms with Crippen LogP contribution in [0, 0.1) is 0 Å². The van der Waals surface area contributed by atoms with Crippen LogP contribution in [0.15, 0.2) is 24.3 Å². The van der Waals surface area contributed by atoms with E-state index in [4.69, 9.17) is 0 Å². The quantitative estimate of drug-likeness (QED) is 0.811. The number of aryl methyl sites for hydroxylation is 1. The molecule has 0 aromatic heterocycles. The van der Waals surface area contributed by atoms with Crippen molar-refractivity contribution in [2.45, 2.75) is 24.8 Å². The van der Waals surface area contributed by atoms with Gasteiger partial charge in [0.05, 0.1) is 6.61 Å². The number of hydrogen-bond acceptors (Lipinski definition) is 3. The van der Waals surface area contributed by atoms with Crippen LogP contribution in [0.3, 0.4) is 0 Å². The third kappa shape index (κ3) is 2.07. The van der Waals surface area contributed by atoms with Gasteiger partial charge in [0.2, 0.25) is 0 Å². The maximum atomic E-state index is 9.96. The number of aliphatic hydroxyl groups excluding tert-OH is 1. The van der Waals surface area contributed by atoms with Gasteiger partial charge in [-0.05, 0) is 30.4 Å². The van der Waals surface area contributed by atoms with Crippen LogP contribution in [-0.4, -0.2) is 48.3 Å². The number of rotatable bonds is 2. The molecule has 0 spiro atoms. The lowest BCUT2D eigenvalue weighted by atomic mass is 9.77. The fourth-order valence-electron chi connectivity index (χ4n) is 3.43. The van der Waals surface area contributed by atoms with Gasteiger partial charge in [0.25, 0.3) is 0 Å². The van der Waals surface area contributed by atoms with Crippen molar-refractivity contribution in [1.29, 1.82) is 0 Å². The standard InChI is InChI=1S/C15H22N2O/c18-12-15(17-9-7-16-8-10-17)6-5-13-3-1-2-4-14(13)11-15/h1-4,16,18H,5-12H2. The highest BCUT2D eigenvalue weighted by Gasteiger charge is 2.39. The van der Waals surface area contributed by atoms with Crippen molar-refractivity contribution in [3.8, 4) is 0 Å². The Bertz CT molecular complexity index is 415. The van der Waals surface area contributed by atoms with Crippen molar-refractivity contribution >= 4 is 0 Å². The van der Waals surface area contributed by atoms with Gasteiger partial charge in [-0.3, -0.25) is 4.90 Å². The van der Waals surface area contributed by atoms with Crippen LogP contribution in [0.2, 0.25) is 0 Å². The summed E-state index contributed by atoms with van der Waals surface area (Å²) in [7, 11) is 0. The molecular formula is C15H22N2O. The normalized spacial score (nSPS) is 28.9. The monoisotopic (exact) mass is 246 g/mol. The Labute approximate surface area is 109 Å². The number of piperazine rings is 1. The lowest BCUT2D eigenvalue weighted by molar-refractivity contribution is 0.0100. The van der Waals surface area contributed by atoms with Crippen molar-refractivity contribution in [2.75, 3.05) is 32.8 Å². The summed E-state index contributed by atoms with van der Waals surface area (Å²) >= 11 is 0. The summed E-state index contributed by atoms with van der Waals surface area (Å²) in [4.78, 5) is 2.50. The third-order valence-corrected chi connectivity index (χ3v) is 4.58. The van der Waals surface area contributed by atoms with Crippen molar-refractivity contribution in [2.24, 2.45) is 0 Å². The molecule has 1 aromatic carbocycles. The molecule has 1 saturated heterocycles. The van der Waals surface area contributed by atoms with E-state index in [9.17, 15) is 5.11 Å². The summed E-state index contributed by atoms with van der Waals surface area (Å²) in [6.45, 7) is 4.49. The minimum Gasteiger partial charge on any atom is -0.394 e. The highest BCUT2D eigenvalue weighted by molar-refractivity contribution is 5.32. The highest BCUT2D eigenvalue weighted by atomic mass is 16.3. The van der Waals surface area contributed by atoms with Gasteiger partial charge in [-0.1, -0.05) is 24.3 Å². The zero-order valence-corrected chi connectivity index (χ0v) is 10.9. The Hall–Kier alpha value is -0.900. The molecule has 2 aliphatic rings. The van der Waals surface area contributed by atoms with E-state index < -0.39 is 0 Å². The van der Waals surface area contributed by atoms with E-state index in [1.54, 1.807) is 0 Å². The number of nitrogens with one attached hydrogen (secondary N) is 1. The van der Waals surface area contributed by atoms with Gasteiger partial charge in [-0.2, -0.15) is 0 Å². The first-order valence-electron chi connectivity index (χ1n) is 6.97. The fraction of sp³-hybridized carbons (Fsp3) is 0.600. The minimum absolute atomic E-state index is 0.0174. The molecule has 0 amide bonds. The van der Waals surface area contributed by atoms with Crippen molar-refractivity contribution in [1.82, 2.24) is 10.2 Å². The molecule has 0 radical (unpaired) electrons. The molecule has 3 rings (SSSR count). The lowest BCUT2D eigenvalue weighted by Gasteiger charge is -2.47. The molecule has 1 unspecified atom stereocenters. The predicted octanol–water partition coefficient (Wildman–Crippen LogP) is 0.812. The molecule has 1 aliphatic heterocycles. The molecule has 1 atom stereocenters. The van der Waals surface area contributed by atoms with Crippen molar-refractivity contribution < 1.29 is 5.11 Å². The van der Waals surface area contributed by atoms with E-state index in [0.717, 1.165) is 45.4 Å². The van der Waals surface area contributed by atoms with Crippen LogP contribution in [0.5, 0.6) is 0 Å². The SMILES string of the molecule is OCC1(N2CCNCC2)CCc2ccccc2C1. The molecule has 1 fully saturated rings. The highest BCUT2D eigenvalue weighted by Crippen LogP contribution is 2.33. The zero-order valence-electron chi connectivity index (χ0n) is 10.9. The smallest absolute Gasteiger partial charge is 0.0618 e. The van der Waals surface area contributed by atoms with Crippen LogP contribution in [0.1, 0.15) is 17.5 Å². The number of hydrogen-bond donors (Lipinski definition) is 2. The van der Waals surface area contributed by atoms with Crippen LogP contribution in [0.25, 0.3) is 0 Å². The van der Waals surface area contributed by atoms with Gasteiger partial charge >= 0.3 is 0 Å². The summed E-state index contributed by atoms with van der Waals surface area (Å²) in [5.74, 6) is 0. The van der Waals surface area contributed by atoms with Gasteiger partial charge in [-0.25, -0.2) is 0 Å². The van der Waals surface area contributed by atoms with Crippen LogP contribution in [-0.2, 0) is 12.8 Å². The average Bonchev–Trinajstić information content (AvgIpc) is 2.47. The van der Waals surface area contributed by atoms with Crippen molar-refractivity contribution in [3.63, 3.8) is 0 Å². The Balaban J connectivity index is 1.85. The second-order valence-corrected chi connectivity index (χ2v) is 5.56. The molecule has 0 saturated carbocycles. The first kappa shape index (κ1) is 12.2. The molecule has 3 nitrogen and oxygen atoms in total. The van der Waals surface area contributed by atoms with E-state index >= 15 is 0 Å². The summed E-state index contributed by atoms with van der Waals surface area (Å²) < 4.78 is 0. The Morgan fingerprint density at radius 1 is 1.17 bits per heavy atom. The second-order valence-electron chi connectivity index (χ2n) is 5.56. The maximum Gasteiger partial charge on any atom is 0.0618 e. The van der Waals surface area contributed by atoms with Crippen LogP contribution < -0.4 is 5.32 Å². The van der Waals surface area contributed by atoms with Gasteiger partial charge < -0.3 is 10.4 Å². The van der Waals surface area contributed by atoms with Gasteiger partial charge in [0.1, 0.15) is 0 Å². The largest absolute Gasteiger partial charge is 0.394 e. The molecular weight excluding hydrogens is 224 g/mol. The lowest BCUT2D eigenvalue weighted by Crippen LogP contribution is -2.60. The average molecular weight is 246 g/mol. The maximum absolute atomic E-state index is 9.96. The predicted molar refractivity (Wildman–Crippen MR) is 72.7 cm³/mol. The fourth-order valence-corrected chi connectivity index (χ4v) is 3.43. The van der Waals surface area contributed by atoms with E-state index in [0.29, 0.717) is 0 Å². The number of aliphatic hydroxyl groups is 1. The van der Waals surface area contributed by atoms with Crippen molar-refractivity contribution in [3.05, 3.63) is 35.4 Å². The van der Waals surface area contributed by atoms with E-state index in [-0.39, 0.29) is 12.1 Å². The molecule has 98 valence electrons. The van der Waals surface area contributed by atoms with Gasteiger partial charge in [0.15, 0.2) is 0 Å². The zero-order chi connectivity index (χ0) is 12.4. The first-order valence-corrected chi connectivity index (χ1v) is 6.97. The Kier molecular flexibility index (Phi) is 3.37. The van der Waals surface area contributed by atoms with Gasteiger partial charge in [0, 0.05) is 31.7 Å². The summed E-state index contributed by atoms with van der Waals surface area (Å²) in [5, 5.41) is 13.3. The molecule has 1 aliphatic carbocycles.